The molecule has 1 aromatic carbocycles. The van der Waals surface area contributed by atoms with Gasteiger partial charge in [0, 0.05) is 5.69 Å². The first-order valence-electron chi connectivity index (χ1n) is 7.19. The third-order valence-corrected chi connectivity index (χ3v) is 3.02. The standard InChI is InChI=1S/C17H23NO4/c1-5-22-17(20)16(13(11-19)10-12(2)3)18-14-6-8-15(21-4)9-7-14/h6-11,13,16,18H,5H2,1-4H3/t13?,16-/m0/s1. The molecular formula is C17H23NO4. The van der Waals surface area contributed by atoms with E-state index in [1.807, 2.05) is 13.8 Å². The normalized spacial score (nSPS) is 12.7. The Labute approximate surface area is 131 Å². The maximum absolute atomic E-state index is 12.2. The predicted molar refractivity (Wildman–Crippen MR) is 86.0 cm³/mol. The quantitative estimate of drug-likeness (QED) is 0.454. The molecule has 0 bridgehead atoms. The van der Waals surface area contributed by atoms with Gasteiger partial charge in [0.05, 0.1) is 19.6 Å². The number of rotatable bonds is 8. The van der Waals surface area contributed by atoms with E-state index in [0.717, 1.165) is 17.6 Å². The lowest BCUT2D eigenvalue weighted by Crippen LogP contribution is -2.38. The van der Waals surface area contributed by atoms with Crippen molar-refractivity contribution in [1.82, 2.24) is 0 Å². The van der Waals surface area contributed by atoms with Crippen molar-refractivity contribution in [3.05, 3.63) is 35.9 Å². The smallest absolute Gasteiger partial charge is 0.329 e. The molecule has 0 amide bonds. The van der Waals surface area contributed by atoms with Crippen LogP contribution in [0, 0.1) is 5.92 Å². The van der Waals surface area contributed by atoms with Crippen LogP contribution in [0.4, 0.5) is 5.69 Å². The molecule has 0 spiro atoms. The van der Waals surface area contributed by atoms with E-state index in [-0.39, 0.29) is 6.61 Å². The van der Waals surface area contributed by atoms with Crippen molar-refractivity contribution in [2.24, 2.45) is 5.92 Å². The van der Waals surface area contributed by atoms with Crippen LogP contribution in [0.15, 0.2) is 35.9 Å². The number of benzene rings is 1. The van der Waals surface area contributed by atoms with E-state index in [0.29, 0.717) is 5.69 Å². The van der Waals surface area contributed by atoms with Crippen LogP contribution in [0.5, 0.6) is 5.75 Å². The van der Waals surface area contributed by atoms with Crippen LogP contribution in [0.3, 0.4) is 0 Å². The van der Waals surface area contributed by atoms with Crippen LogP contribution < -0.4 is 10.1 Å². The summed E-state index contributed by atoms with van der Waals surface area (Å²) < 4.78 is 10.2. The molecule has 0 saturated heterocycles. The highest BCUT2D eigenvalue weighted by atomic mass is 16.5. The van der Waals surface area contributed by atoms with Crippen molar-refractivity contribution in [3.8, 4) is 5.75 Å². The number of allylic oxidation sites excluding steroid dienone is 1. The Morgan fingerprint density at radius 2 is 1.91 bits per heavy atom. The maximum atomic E-state index is 12.2. The lowest BCUT2D eigenvalue weighted by atomic mass is 9.98. The van der Waals surface area contributed by atoms with Gasteiger partial charge in [0.1, 0.15) is 18.1 Å². The summed E-state index contributed by atoms with van der Waals surface area (Å²) in [5, 5.41) is 3.07. The zero-order valence-electron chi connectivity index (χ0n) is 13.5. The molecule has 1 aromatic rings. The first-order chi connectivity index (χ1) is 10.5. The molecule has 1 N–H and O–H groups in total. The Bertz CT molecular complexity index is 518. The Balaban J connectivity index is 3.00. The van der Waals surface area contributed by atoms with E-state index in [2.05, 4.69) is 5.32 Å². The van der Waals surface area contributed by atoms with Crippen LogP contribution >= 0.6 is 0 Å². The van der Waals surface area contributed by atoms with Gasteiger partial charge >= 0.3 is 5.97 Å². The van der Waals surface area contributed by atoms with Crippen LogP contribution in [0.1, 0.15) is 20.8 Å². The summed E-state index contributed by atoms with van der Waals surface area (Å²) in [6, 6.07) is 6.37. The lowest BCUT2D eigenvalue weighted by Gasteiger charge is -2.22. The zero-order valence-corrected chi connectivity index (χ0v) is 13.5. The molecule has 0 saturated carbocycles. The van der Waals surface area contributed by atoms with Crippen molar-refractivity contribution < 1.29 is 19.1 Å². The van der Waals surface area contributed by atoms with Crippen molar-refractivity contribution in [3.63, 3.8) is 0 Å². The Morgan fingerprint density at radius 1 is 1.27 bits per heavy atom. The number of hydrogen-bond donors (Lipinski definition) is 1. The monoisotopic (exact) mass is 305 g/mol. The summed E-state index contributed by atoms with van der Waals surface area (Å²) in [7, 11) is 1.58. The number of aldehydes is 1. The summed E-state index contributed by atoms with van der Waals surface area (Å²) in [5.41, 5.74) is 1.68. The fraction of sp³-hybridized carbons (Fsp3) is 0.412. The average molecular weight is 305 g/mol. The molecule has 1 rings (SSSR count). The highest BCUT2D eigenvalue weighted by Crippen LogP contribution is 2.19. The van der Waals surface area contributed by atoms with Crippen molar-refractivity contribution >= 4 is 17.9 Å². The summed E-state index contributed by atoms with van der Waals surface area (Å²) in [6.07, 6.45) is 2.51. The van der Waals surface area contributed by atoms with Gasteiger partial charge in [-0.2, -0.15) is 0 Å². The Morgan fingerprint density at radius 3 is 2.36 bits per heavy atom. The molecule has 0 radical (unpaired) electrons. The number of methoxy groups -OCH3 is 1. The minimum absolute atomic E-state index is 0.264. The van der Waals surface area contributed by atoms with Gasteiger partial charge in [0.2, 0.25) is 0 Å². The molecule has 1 unspecified atom stereocenters. The third kappa shape index (κ3) is 5.24. The number of carbonyl (C=O) groups is 2. The highest BCUT2D eigenvalue weighted by molar-refractivity contribution is 5.84. The Kier molecular flexibility index (Phi) is 7.16. The number of esters is 1. The molecule has 22 heavy (non-hydrogen) atoms. The van der Waals surface area contributed by atoms with Crippen molar-refractivity contribution in [1.29, 1.82) is 0 Å². The van der Waals surface area contributed by atoms with Crippen LogP contribution in [-0.2, 0) is 14.3 Å². The molecule has 0 fully saturated rings. The SMILES string of the molecule is CCOC(=O)[C@@H](Nc1ccc(OC)cc1)C(C=O)C=C(C)C. The number of nitrogens with one attached hydrogen (secondary N) is 1. The summed E-state index contributed by atoms with van der Waals surface area (Å²) in [5.74, 6) is -0.325. The van der Waals surface area contributed by atoms with Gasteiger partial charge in [0.15, 0.2) is 0 Å². The molecule has 5 nitrogen and oxygen atoms in total. The molecule has 5 heteroatoms. The van der Waals surface area contributed by atoms with E-state index in [4.69, 9.17) is 9.47 Å². The van der Waals surface area contributed by atoms with E-state index in [1.54, 1.807) is 44.4 Å². The highest BCUT2D eigenvalue weighted by Gasteiger charge is 2.28. The summed E-state index contributed by atoms with van der Waals surface area (Å²) in [4.78, 5) is 23.5. The van der Waals surface area contributed by atoms with Gasteiger partial charge in [-0.1, -0.05) is 11.6 Å². The number of carbonyl (C=O) groups excluding carboxylic acids is 2. The molecule has 0 aromatic heterocycles. The number of anilines is 1. The van der Waals surface area contributed by atoms with Gasteiger partial charge in [0.25, 0.3) is 0 Å². The first-order valence-corrected chi connectivity index (χ1v) is 7.19. The molecule has 120 valence electrons. The minimum atomic E-state index is -0.763. The number of hydrogen-bond acceptors (Lipinski definition) is 5. The van der Waals surface area contributed by atoms with Gasteiger partial charge in [-0.05, 0) is 45.0 Å². The fourth-order valence-electron chi connectivity index (χ4n) is 2.01. The molecule has 0 aliphatic carbocycles. The minimum Gasteiger partial charge on any atom is -0.497 e. The van der Waals surface area contributed by atoms with Gasteiger partial charge in [-0.15, -0.1) is 0 Å². The van der Waals surface area contributed by atoms with E-state index < -0.39 is 17.9 Å². The lowest BCUT2D eigenvalue weighted by molar-refractivity contribution is -0.145. The van der Waals surface area contributed by atoms with Gasteiger partial charge in [-0.25, -0.2) is 4.79 Å². The van der Waals surface area contributed by atoms with Gasteiger partial charge < -0.3 is 19.6 Å². The summed E-state index contributed by atoms with van der Waals surface area (Å²) in [6.45, 7) is 5.76. The van der Waals surface area contributed by atoms with Crippen LogP contribution in [0.2, 0.25) is 0 Å². The largest absolute Gasteiger partial charge is 0.497 e. The molecule has 0 aliphatic heterocycles. The topological polar surface area (TPSA) is 64.6 Å². The molecule has 0 heterocycles. The summed E-state index contributed by atoms with van der Waals surface area (Å²) >= 11 is 0. The molecular weight excluding hydrogens is 282 g/mol. The maximum Gasteiger partial charge on any atom is 0.329 e. The van der Waals surface area contributed by atoms with E-state index in [9.17, 15) is 9.59 Å². The second kappa shape index (κ2) is 8.87. The fourth-order valence-corrected chi connectivity index (χ4v) is 2.01. The molecule has 0 aliphatic rings. The van der Waals surface area contributed by atoms with Crippen molar-refractivity contribution in [2.45, 2.75) is 26.8 Å². The predicted octanol–water partition coefficient (Wildman–Crippen LogP) is 2.82. The first kappa shape index (κ1) is 17.8. The van der Waals surface area contributed by atoms with Crippen LogP contribution in [0.25, 0.3) is 0 Å². The van der Waals surface area contributed by atoms with Gasteiger partial charge in [-0.3, -0.25) is 0 Å². The van der Waals surface area contributed by atoms with Crippen LogP contribution in [-0.4, -0.2) is 32.0 Å². The molecule has 2 atom stereocenters. The average Bonchev–Trinajstić information content (AvgIpc) is 2.51. The number of ether oxygens (including phenoxy) is 2. The zero-order chi connectivity index (χ0) is 16.5. The van der Waals surface area contributed by atoms with E-state index in [1.165, 1.54) is 0 Å². The Hall–Kier alpha value is -2.30. The second-order valence-electron chi connectivity index (χ2n) is 5.06. The van der Waals surface area contributed by atoms with Crippen molar-refractivity contribution in [2.75, 3.05) is 19.0 Å². The second-order valence-corrected chi connectivity index (χ2v) is 5.06. The third-order valence-electron chi connectivity index (χ3n) is 3.02. The van der Waals surface area contributed by atoms with E-state index >= 15 is 0 Å².